The molecule has 0 aromatic heterocycles. The minimum atomic E-state index is -1.33. The minimum Gasteiger partial charge on any atom is -0.465 e. The van der Waals surface area contributed by atoms with E-state index in [1.165, 1.54) is 0 Å². The molecule has 0 aliphatic carbocycles. The number of carbonyl (C=O) groups is 4. The van der Waals surface area contributed by atoms with Crippen molar-refractivity contribution in [2.45, 2.75) is 6.42 Å². The number of esters is 4. The molecular weight excluding hydrogens is 501 g/mol. The van der Waals surface area contributed by atoms with Gasteiger partial charge in [0.15, 0.2) is 0 Å². The average Bonchev–Trinajstić information content (AvgIpc) is 2.69. The van der Waals surface area contributed by atoms with Gasteiger partial charge in [-0.3, -0.25) is 4.79 Å². The summed E-state index contributed by atoms with van der Waals surface area (Å²) in [5.74, 6) is -2.79. The van der Waals surface area contributed by atoms with E-state index in [1.807, 2.05) is 22.0 Å². The predicted molar refractivity (Wildman–Crippen MR) is 113 cm³/mol. The zero-order valence-electron chi connectivity index (χ0n) is 15.3. The second-order valence-electron chi connectivity index (χ2n) is 5.47. The fourth-order valence-corrected chi connectivity index (χ4v) is 2.72. The third kappa shape index (κ3) is 11.9. The Morgan fingerprint density at radius 1 is 0.821 bits per heavy atom. The second kappa shape index (κ2) is 14.3. The lowest BCUT2D eigenvalue weighted by atomic mass is 9.92. The van der Waals surface area contributed by atoms with Crippen LogP contribution in [0.3, 0.4) is 0 Å². The first kappa shape index (κ1) is 26.3. The Morgan fingerprint density at radius 3 is 1.50 bits per heavy atom. The lowest BCUT2D eigenvalue weighted by molar-refractivity contribution is -0.165. The molecule has 1 unspecified atom stereocenters. The fourth-order valence-electron chi connectivity index (χ4n) is 1.60. The first-order chi connectivity index (χ1) is 13.2. The molecule has 2 radical (unpaired) electrons. The van der Waals surface area contributed by atoms with Gasteiger partial charge in [0, 0.05) is 24.6 Å². The van der Waals surface area contributed by atoms with Crippen molar-refractivity contribution in [3.63, 3.8) is 0 Å². The molecule has 0 aliphatic heterocycles. The lowest BCUT2D eigenvalue weighted by Gasteiger charge is -2.31. The van der Waals surface area contributed by atoms with Gasteiger partial charge in [0.2, 0.25) is 0 Å². The summed E-state index contributed by atoms with van der Waals surface area (Å²) in [4.78, 5) is 46.3. The van der Waals surface area contributed by atoms with Gasteiger partial charge in [-0.15, -0.1) is 0 Å². The minimum absolute atomic E-state index is 0.0898. The Hall–Kier alpha value is -1.68. The van der Waals surface area contributed by atoms with Gasteiger partial charge in [-0.25, -0.2) is 14.4 Å². The van der Waals surface area contributed by atoms with Crippen molar-refractivity contribution >= 4 is 58.9 Å². The molecule has 11 heteroatoms. The number of hydrogen-bond acceptors (Lipinski definition) is 8. The fraction of sp³-hybridized carbons (Fsp3) is 0.412. The Labute approximate surface area is 179 Å². The van der Waals surface area contributed by atoms with Crippen LogP contribution in [0.1, 0.15) is 6.42 Å². The first-order valence-electron chi connectivity index (χ1n) is 7.89. The number of rotatable bonds is 14. The summed E-state index contributed by atoms with van der Waals surface area (Å²) in [7, 11) is 5.65. The van der Waals surface area contributed by atoms with Crippen LogP contribution in [-0.4, -0.2) is 64.0 Å². The highest BCUT2D eigenvalue weighted by Gasteiger charge is 2.37. The molecule has 8 nitrogen and oxygen atoms in total. The van der Waals surface area contributed by atoms with Gasteiger partial charge >= 0.3 is 23.9 Å². The van der Waals surface area contributed by atoms with E-state index in [4.69, 9.17) is 26.5 Å². The summed E-state index contributed by atoms with van der Waals surface area (Å²) >= 11 is 2.03. The van der Waals surface area contributed by atoms with Crippen molar-refractivity contribution in [1.82, 2.24) is 0 Å². The molecule has 0 amide bonds. The monoisotopic (exact) mass is 522 g/mol. The molecule has 1 atom stereocenters. The molecule has 28 heavy (non-hydrogen) atoms. The molecule has 0 aromatic carbocycles. The zero-order chi connectivity index (χ0) is 21.6. The number of hydrogen-bond donors (Lipinski definition) is 0. The van der Waals surface area contributed by atoms with Crippen LogP contribution in [0.4, 0.5) is 0 Å². The molecule has 0 fully saturated rings. The highest BCUT2D eigenvalue weighted by Crippen LogP contribution is 2.39. The highest BCUT2D eigenvalue weighted by atomic mass is 127. The van der Waals surface area contributed by atoms with E-state index < -0.39 is 34.7 Å². The van der Waals surface area contributed by atoms with Crippen molar-refractivity contribution in [3.8, 4) is 0 Å². The molecule has 0 bridgehead atoms. The van der Waals surface area contributed by atoms with Gasteiger partial charge in [-0.05, 0) is 6.16 Å². The van der Waals surface area contributed by atoms with Crippen LogP contribution in [0, 0.1) is 5.41 Å². The summed E-state index contributed by atoms with van der Waals surface area (Å²) in [5.41, 5.74) is -2.13. The first-order valence-corrected chi connectivity index (χ1v) is 12.3. The van der Waals surface area contributed by atoms with Crippen molar-refractivity contribution in [3.05, 3.63) is 38.0 Å². The molecule has 0 aromatic rings. The molecule has 0 saturated heterocycles. The smallest absolute Gasteiger partial charge is 0.330 e. The highest BCUT2D eigenvalue weighted by molar-refractivity contribution is 14.2. The van der Waals surface area contributed by atoms with Gasteiger partial charge in [0.25, 0.3) is 0 Å². The molecule has 0 spiro atoms. The Morgan fingerprint density at radius 2 is 1.18 bits per heavy atom. The summed E-state index contributed by atoms with van der Waals surface area (Å²) in [5, 5.41) is 0. The third-order valence-electron chi connectivity index (χ3n) is 3.13. The maximum Gasteiger partial charge on any atom is 0.330 e. The van der Waals surface area contributed by atoms with Crippen LogP contribution < -0.4 is 0 Å². The van der Waals surface area contributed by atoms with Crippen molar-refractivity contribution < 1.29 is 38.1 Å². The summed E-state index contributed by atoms with van der Waals surface area (Å²) < 4.78 is 20.3. The molecule has 0 saturated carbocycles. The maximum atomic E-state index is 11.9. The average molecular weight is 522 g/mol. The van der Waals surface area contributed by atoms with E-state index in [0.717, 1.165) is 18.2 Å². The van der Waals surface area contributed by atoms with Gasteiger partial charge in [-0.2, -0.15) is 0 Å². The van der Waals surface area contributed by atoms with E-state index in [1.54, 1.807) is 0 Å². The van der Waals surface area contributed by atoms with Crippen LogP contribution in [0.5, 0.6) is 0 Å². The standard InChI is InChI=1S/C17H21BIO8P/c1-4-13(20)24-9-17(10-25-14(21)5-2,11-26-15(22)6-3)12-27-16(23)7-8-28(18)19/h4-6H,1-3,7-12H2. The Kier molecular flexibility index (Phi) is 13.5. The van der Waals surface area contributed by atoms with E-state index >= 15 is 0 Å². The predicted octanol–water partition coefficient (Wildman–Crippen LogP) is 2.01. The second-order valence-corrected chi connectivity index (χ2v) is 10.4. The summed E-state index contributed by atoms with van der Waals surface area (Å²) in [6.07, 6.45) is 3.36. The SMILES string of the molecule is [B]P(I)CCC(=O)OCC(COC(=O)C=C)(COC(=O)C=C)COC(=O)C=C. The van der Waals surface area contributed by atoms with E-state index in [-0.39, 0.29) is 32.8 Å². The molecule has 152 valence electrons. The Bertz CT molecular complexity index is 548. The molecule has 0 rings (SSSR count). The quantitative estimate of drug-likeness (QED) is 0.0853. The van der Waals surface area contributed by atoms with Crippen LogP contribution in [0.2, 0.25) is 0 Å². The van der Waals surface area contributed by atoms with E-state index in [0.29, 0.717) is 6.16 Å². The van der Waals surface area contributed by atoms with Gasteiger partial charge in [0.1, 0.15) is 39.4 Å². The lowest BCUT2D eigenvalue weighted by Crippen LogP contribution is -2.43. The van der Waals surface area contributed by atoms with Crippen LogP contribution in [0.15, 0.2) is 38.0 Å². The van der Waals surface area contributed by atoms with Crippen molar-refractivity contribution in [2.75, 3.05) is 32.6 Å². The normalized spacial score (nSPS) is 11.5. The molecule has 0 N–H and O–H groups in total. The van der Waals surface area contributed by atoms with Crippen molar-refractivity contribution in [2.24, 2.45) is 5.41 Å². The number of carbonyl (C=O) groups excluding carboxylic acids is 4. The molecule has 0 aliphatic rings. The number of halogens is 1. The third-order valence-corrected chi connectivity index (χ3v) is 5.23. The van der Waals surface area contributed by atoms with Gasteiger partial charge in [-0.1, -0.05) is 47.2 Å². The largest absolute Gasteiger partial charge is 0.465 e. The topological polar surface area (TPSA) is 105 Å². The summed E-state index contributed by atoms with van der Waals surface area (Å²) in [6, 6.07) is 0. The van der Waals surface area contributed by atoms with Gasteiger partial charge < -0.3 is 18.9 Å². The van der Waals surface area contributed by atoms with Gasteiger partial charge in [0.05, 0.1) is 0 Å². The molecule has 0 heterocycles. The van der Waals surface area contributed by atoms with Crippen LogP contribution in [0.25, 0.3) is 0 Å². The summed E-state index contributed by atoms with van der Waals surface area (Å²) in [6.45, 7) is 8.42. The zero-order valence-corrected chi connectivity index (χ0v) is 18.3. The Balaban J connectivity index is 5.34. The number of ether oxygens (including phenoxy) is 4. The van der Waals surface area contributed by atoms with Crippen LogP contribution >= 0.6 is 27.5 Å². The van der Waals surface area contributed by atoms with E-state index in [9.17, 15) is 19.2 Å². The molecular formula is C17H21BIO8P. The van der Waals surface area contributed by atoms with Crippen molar-refractivity contribution in [1.29, 1.82) is 0 Å². The van der Waals surface area contributed by atoms with E-state index in [2.05, 4.69) is 19.7 Å². The maximum absolute atomic E-state index is 11.9. The van der Waals surface area contributed by atoms with Crippen LogP contribution in [-0.2, 0) is 38.1 Å².